The third-order valence-electron chi connectivity index (χ3n) is 2.37. The van der Waals surface area contributed by atoms with E-state index in [1.807, 2.05) is 0 Å². The number of aromatic nitrogens is 2. The predicted molar refractivity (Wildman–Crippen MR) is 74.2 cm³/mol. The van der Waals surface area contributed by atoms with Crippen LogP contribution in [-0.2, 0) is 0 Å². The molecule has 6 nitrogen and oxygen atoms in total. The average Bonchev–Trinajstić information content (AvgIpc) is 2.38. The molecule has 0 bridgehead atoms. The summed E-state index contributed by atoms with van der Waals surface area (Å²) in [6.45, 7) is 0. The lowest BCUT2D eigenvalue weighted by atomic mass is 10.3. The standard InChI is InChI=1S/C12H11N3O3S/c1-18-8-4-2-7(3-5-8)13-6-9-10(16)14-12(19)15-11(9)17/h2-6H,1H3,(H3,14,15,16,17,19). The second-order valence-corrected chi connectivity index (χ2v) is 4.04. The molecule has 0 unspecified atom stereocenters. The molecule has 0 saturated carbocycles. The third kappa shape index (κ3) is 3.08. The minimum atomic E-state index is -0.501. The Bertz CT molecular complexity index is 716. The van der Waals surface area contributed by atoms with Crippen molar-refractivity contribution in [3.05, 3.63) is 45.0 Å². The minimum Gasteiger partial charge on any atom is -0.497 e. The summed E-state index contributed by atoms with van der Waals surface area (Å²) in [6.07, 6.45) is 1.27. The molecule has 0 aliphatic carbocycles. The van der Waals surface area contributed by atoms with Gasteiger partial charge in [0.2, 0.25) is 5.88 Å². The Hall–Kier alpha value is -2.41. The van der Waals surface area contributed by atoms with E-state index in [1.54, 1.807) is 31.4 Å². The zero-order valence-corrected chi connectivity index (χ0v) is 10.8. The van der Waals surface area contributed by atoms with E-state index in [4.69, 9.17) is 17.0 Å². The van der Waals surface area contributed by atoms with Gasteiger partial charge in [-0.3, -0.25) is 14.8 Å². The highest BCUT2D eigenvalue weighted by Crippen LogP contribution is 2.17. The van der Waals surface area contributed by atoms with Gasteiger partial charge in [0, 0.05) is 6.21 Å². The Kier molecular flexibility index (Phi) is 3.76. The Morgan fingerprint density at radius 1 is 1.32 bits per heavy atom. The number of hydrogen-bond acceptors (Lipinski definition) is 5. The van der Waals surface area contributed by atoms with Crippen molar-refractivity contribution in [2.45, 2.75) is 0 Å². The van der Waals surface area contributed by atoms with Crippen LogP contribution in [-0.4, -0.2) is 28.4 Å². The molecule has 0 amide bonds. The van der Waals surface area contributed by atoms with Crippen LogP contribution < -0.4 is 10.3 Å². The van der Waals surface area contributed by atoms with Crippen molar-refractivity contribution in [1.82, 2.24) is 9.97 Å². The molecule has 0 aliphatic heterocycles. The summed E-state index contributed by atoms with van der Waals surface area (Å²) < 4.78 is 5.08. The van der Waals surface area contributed by atoms with Crippen LogP contribution in [0.5, 0.6) is 11.6 Å². The summed E-state index contributed by atoms with van der Waals surface area (Å²) in [5.74, 6) is 0.398. The molecule has 1 aromatic heterocycles. The number of aliphatic imine (C=N–C) groups is 1. The summed E-state index contributed by atoms with van der Waals surface area (Å²) in [5, 5.41) is 9.58. The van der Waals surface area contributed by atoms with Crippen LogP contribution in [0.4, 0.5) is 5.69 Å². The van der Waals surface area contributed by atoms with Crippen LogP contribution in [0.2, 0.25) is 0 Å². The van der Waals surface area contributed by atoms with Gasteiger partial charge in [0.05, 0.1) is 12.8 Å². The highest BCUT2D eigenvalue weighted by atomic mass is 32.1. The predicted octanol–water partition coefficient (Wildman–Crippen LogP) is 1.90. The molecule has 0 saturated heterocycles. The van der Waals surface area contributed by atoms with Gasteiger partial charge in [-0.1, -0.05) is 0 Å². The van der Waals surface area contributed by atoms with E-state index >= 15 is 0 Å². The van der Waals surface area contributed by atoms with Gasteiger partial charge in [0.1, 0.15) is 11.3 Å². The highest BCUT2D eigenvalue weighted by Gasteiger charge is 2.04. The quantitative estimate of drug-likeness (QED) is 0.590. The van der Waals surface area contributed by atoms with Gasteiger partial charge in [-0.15, -0.1) is 0 Å². The van der Waals surface area contributed by atoms with Crippen molar-refractivity contribution in [3.8, 4) is 11.6 Å². The van der Waals surface area contributed by atoms with Crippen LogP contribution in [0, 0.1) is 4.77 Å². The SMILES string of the molecule is COc1ccc(N=Cc2c(O)[nH]c(=S)[nH]c2=O)cc1. The van der Waals surface area contributed by atoms with Gasteiger partial charge in [0.25, 0.3) is 5.56 Å². The second-order valence-electron chi connectivity index (χ2n) is 3.63. The van der Waals surface area contributed by atoms with Gasteiger partial charge in [0.15, 0.2) is 4.77 Å². The van der Waals surface area contributed by atoms with E-state index in [0.29, 0.717) is 11.4 Å². The zero-order valence-electron chi connectivity index (χ0n) is 10.0. The lowest BCUT2D eigenvalue weighted by Crippen LogP contribution is -2.13. The third-order valence-corrected chi connectivity index (χ3v) is 2.58. The van der Waals surface area contributed by atoms with Crippen LogP contribution in [0.15, 0.2) is 34.1 Å². The number of nitrogens with zero attached hydrogens (tertiary/aromatic N) is 1. The average molecular weight is 277 g/mol. The fourth-order valence-corrected chi connectivity index (χ4v) is 1.60. The molecule has 3 N–H and O–H groups in total. The number of methoxy groups -OCH3 is 1. The summed E-state index contributed by atoms with van der Waals surface area (Å²) in [6, 6.07) is 6.95. The maximum absolute atomic E-state index is 11.6. The molecule has 0 fully saturated rings. The Morgan fingerprint density at radius 2 is 2.00 bits per heavy atom. The number of aromatic amines is 2. The van der Waals surface area contributed by atoms with Crippen LogP contribution in [0.3, 0.4) is 0 Å². The summed E-state index contributed by atoms with van der Waals surface area (Å²) >= 11 is 4.72. The molecule has 98 valence electrons. The van der Waals surface area contributed by atoms with Crippen molar-refractivity contribution in [3.63, 3.8) is 0 Å². The van der Waals surface area contributed by atoms with Crippen molar-refractivity contribution in [2.24, 2.45) is 4.99 Å². The van der Waals surface area contributed by atoms with Crippen LogP contribution in [0.1, 0.15) is 5.56 Å². The molecule has 1 aromatic carbocycles. The molecule has 19 heavy (non-hydrogen) atoms. The highest BCUT2D eigenvalue weighted by molar-refractivity contribution is 7.71. The zero-order chi connectivity index (χ0) is 13.8. The van der Waals surface area contributed by atoms with E-state index in [-0.39, 0.29) is 16.2 Å². The molecular formula is C12H11N3O3S. The summed E-state index contributed by atoms with van der Waals surface area (Å²) in [5.41, 5.74) is 0.143. The van der Waals surface area contributed by atoms with Crippen molar-refractivity contribution in [1.29, 1.82) is 0 Å². The monoisotopic (exact) mass is 277 g/mol. The van der Waals surface area contributed by atoms with E-state index in [0.717, 1.165) is 0 Å². The van der Waals surface area contributed by atoms with Crippen LogP contribution >= 0.6 is 12.2 Å². The fourth-order valence-electron chi connectivity index (χ4n) is 1.41. The van der Waals surface area contributed by atoms with E-state index in [2.05, 4.69) is 15.0 Å². The Balaban J connectivity index is 2.32. The first kappa shape index (κ1) is 13.0. The molecule has 2 rings (SSSR count). The lowest BCUT2D eigenvalue weighted by molar-refractivity contribution is 0.415. The molecule has 0 radical (unpaired) electrons. The summed E-state index contributed by atoms with van der Waals surface area (Å²) in [7, 11) is 1.57. The topological polar surface area (TPSA) is 90.5 Å². The fraction of sp³-hybridized carbons (Fsp3) is 0.0833. The van der Waals surface area contributed by atoms with E-state index < -0.39 is 5.56 Å². The molecule has 0 spiro atoms. The van der Waals surface area contributed by atoms with Crippen molar-refractivity contribution in [2.75, 3.05) is 7.11 Å². The molecule has 0 aliphatic rings. The van der Waals surface area contributed by atoms with Crippen molar-refractivity contribution < 1.29 is 9.84 Å². The maximum atomic E-state index is 11.6. The van der Waals surface area contributed by atoms with E-state index in [1.165, 1.54) is 6.21 Å². The smallest absolute Gasteiger partial charge is 0.264 e. The minimum absolute atomic E-state index is 0.0180. The number of aromatic hydroxyl groups is 1. The maximum Gasteiger partial charge on any atom is 0.264 e. The number of hydrogen-bond donors (Lipinski definition) is 3. The first-order valence-corrected chi connectivity index (χ1v) is 5.74. The number of nitrogens with one attached hydrogen (secondary N) is 2. The largest absolute Gasteiger partial charge is 0.497 e. The number of rotatable bonds is 3. The Morgan fingerprint density at radius 3 is 2.58 bits per heavy atom. The molecule has 1 heterocycles. The van der Waals surface area contributed by atoms with Gasteiger partial charge in [-0.05, 0) is 36.5 Å². The number of ether oxygens (including phenoxy) is 1. The van der Waals surface area contributed by atoms with Gasteiger partial charge < -0.3 is 14.8 Å². The van der Waals surface area contributed by atoms with Crippen LogP contribution in [0.25, 0.3) is 0 Å². The van der Waals surface area contributed by atoms with E-state index in [9.17, 15) is 9.90 Å². The van der Waals surface area contributed by atoms with Crippen molar-refractivity contribution >= 4 is 24.1 Å². The lowest BCUT2D eigenvalue weighted by Gasteiger charge is -1.99. The molecule has 7 heteroatoms. The molecular weight excluding hydrogens is 266 g/mol. The first-order valence-electron chi connectivity index (χ1n) is 5.34. The van der Waals surface area contributed by atoms with Gasteiger partial charge >= 0.3 is 0 Å². The van der Waals surface area contributed by atoms with Gasteiger partial charge in [-0.25, -0.2) is 0 Å². The summed E-state index contributed by atoms with van der Waals surface area (Å²) in [4.78, 5) is 20.5. The second kappa shape index (κ2) is 5.49. The normalized spacial score (nSPS) is 10.8. The Labute approximate surface area is 113 Å². The molecule has 0 atom stereocenters. The molecule has 2 aromatic rings. The number of benzene rings is 1. The van der Waals surface area contributed by atoms with Gasteiger partial charge in [-0.2, -0.15) is 0 Å². The number of H-pyrrole nitrogens is 2. The first-order chi connectivity index (χ1) is 9.10.